The second-order valence-corrected chi connectivity index (χ2v) is 11.6. The zero-order valence-corrected chi connectivity index (χ0v) is 28.3. The van der Waals surface area contributed by atoms with Gasteiger partial charge in [-0.1, -0.05) is 146 Å². The fourth-order valence-corrected chi connectivity index (χ4v) is 5.54. The van der Waals surface area contributed by atoms with Gasteiger partial charge < -0.3 is 5.73 Å². The van der Waals surface area contributed by atoms with E-state index in [0.717, 1.165) is 67.8 Å². The van der Waals surface area contributed by atoms with E-state index in [1.165, 1.54) is 5.57 Å². The zero-order chi connectivity index (χ0) is 34.4. The van der Waals surface area contributed by atoms with Crippen LogP contribution in [0.5, 0.6) is 0 Å². The largest absolute Gasteiger partial charge is 0.396 e. The van der Waals surface area contributed by atoms with Crippen LogP contribution >= 0.6 is 0 Å². The Morgan fingerprint density at radius 2 is 1.67 bits per heavy atom. The lowest BCUT2D eigenvalue weighted by Crippen LogP contribution is -1.96. The highest BCUT2D eigenvalue weighted by Gasteiger charge is 2.07. The highest BCUT2D eigenvalue weighted by atomic mass is 14.7. The number of pyridine rings is 1. The van der Waals surface area contributed by atoms with Crippen molar-refractivity contribution >= 4 is 35.1 Å². The molecule has 0 amide bonds. The number of nitrogen functional groups attached to an aromatic ring is 1. The van der Waals surface area contributed by atoms with E-state index >= 15 is 0 Å². The second-order valence-electron chi connectivity index (χ2n) is 11.6. The van der Waals surface area contributed by atoms with Gasteiger partial charge in [0.05, 0.1) is 28.3 Å². The third-order valence-electron chi connectivity index (χ3n) is 8.23. The number of allylic oxidation sites excluding steroid dienone is 15. The summed E-state index contributed by atoms with van der Waals surface area (Å²) >= 11 is 0. The number of aliphatic imine (C=N–C) groups is 2. The molecule has 5 rings (SSSR count). The standard InChI is InChI=1S/C45H42N4/c1-5-13-36(14-12-19-39-26-27-40-28-31-43(49-45(40)44(39)46)38-17-10-7-11-18-38)32-33(2)41(47-3)29-24-34-20-22-35(23-21-34)25-30-42(48-4)37-15-8-6-9-16-37/h5-13,15-20,22-32H,1,3,14,21,46H2,2,4H3/b19-12-,30-25-,33-32+,34-24-,36-13-,41-29-,48-42?. The summed E-state index contributed by atoms with van der Waals surface area (Å²) < 4.78 is 0. The Morgan fingerprint density at radius 1 is 0.918 bits per heavy atom. The lowest BCUT2D eigenvalue weighted by Gasteiger charge is -2.08. The van der Waals surface area contributed by atoms with E-state index in [1.807, 2.05) is 67.7 Å². The zero-order valence-electron chi connectivity index (χ0n) is 28.3. The molecule has 0 radical (unpaired) electrons. The molecule has 4 heteroatoms. The smallest absolute Gasteiger partial charge is 0.0944 e. The number of aromatic nitrogens is 1. The monoisotopic (exact) mass is 638 g/mol. The predicted molar refractivity (Wildman–Crippen MR) is 213 cm³/mol. The number of nitrogens with two attached hydrogens (primary N) is 1. The molecule has 0 unspecified atom stereocenters. The van der Waals surface area contributed by atoms with Gasteiger partial charge >= 0.3 is 0 Å². The van der Waals surface area contributed by atoms with E-state index in [0.29, 0.717) is 12.1 Å². The average molecular weight is 639 g/mol. The summed E-state index contributed by atoms with van der Waals surface area (Å²) in [5, 5.41) is 1.02. The molecule has 2 N–H and O–H groups in total. The number of anilines is 1. The molecule has 0 spiro atoms. The Morgan fingerprint density at radius 3 is 2.37 bits per heavy atom. The Hall–Kier alpha value is -6.13. The predicted octanol–water partition coefficient (Wildman–Crippen LogP) is 11.0. The van der Waals surface area contributed by atoms with Gasteiger partial charge in [0.2, 0.25) is 0 Å². The summed E-state index contributed by atoms with van der Waals surface area (Å²) in [6, 6.07) is 28.6. The fourth-order valence-electron chi connectivity index (χ4n) is 5.54. The number of rotatable bonds is 12. The second kappa shape index (κ2) is 17.1. The Kier molecular flexibility index (Phi) is 12.0. The molecule has 1 aromatic heterocycles. The van der Waals surface area contributed by atoms with E-state index in [1.54, 1.807) is 6.08 Å². The van der Waals surface area contributed by atoms with Crippen LogP contribution in [0.1, 0.15) is 30.9 Å². The first-order chi connectivity index (χ1) is 24.0. The molecular formula is C45H42N4. The van der Waals surface area contributed by atoms with Gasteiger partial charge in [0.1, 0.15) is 0 Å². The molecule has 49 heavy (non-hydrogen) atoms. The van der Waals surface area contributed by atoms with Gasteiger partial charge in [0.15, 0.2) is 0 Å². The highest BCUT2D eigenvalue weighted by Crippen LogP contribution is 2.28. The van der Waals surface area contributed by atoms with E-state index in [4.69, 9.17) is 10.7 Å². The fraction of sp³-hybridized carbons (Fsp3) is 0.0889. The van der Waals surface area contributed by atoms with Gasteiger partial charge in [-0.05, 0) is 78.1 Å². The number of hydrogen-bond donors (Lipinski definition) is 1. The summed E-state index contributed by atoms with van der Waals surface area (Å²) in [4.78, 5) is 13.7. The first kappa shape index (κ1) is 34.2. The van der Waals surface area contributed by atoms with Crippen molar-refractivity contribution in [3.8, 4) is 11.3 Å². The molecule has 0 saturated carbocycles. The van der Waals surface area contributed by atoms with Crippen LogP contribution < -0.4 is 5.73 Å². The molecule has 242 valence electrons. The maximum Gasteiger partial charge on any atom is 0.0944 e. The van der Waals surface area contributed by atoms with Gasteiger partial charge in [-0.3, -0.25) is 9.98 Å². The van der Waals surface area contributed by atoms with Crippen molar-refractivity contribution in [3.05, 3.63) is 197 Å². The molecule has 0 bridgehead atoms. The molecule has 1 aliphatic rings. The van der Waals surface area contributed by atoms with Crippen molar-refractivity contribution in [1.82, 2.24) is 4.98 Å². The van der Waals surface area contributed by atoms with Crippen molar-refractivity contribution in [2.24, 2.45) is 9.98 Å². The number of benzene rings is 3. The molecule has 0 fully saturated rings. The Balaban J connectivity index is 1.25. The van der Waals surface area contributed by atoms with Crippen molar-refractivity contribution in [2.45, 2.75) is 19.8 Å². The van der Waals surface area contributed by atoms with E-state index < -0.39 is 0 Å². The summed E-state index contributed by atoms with van der Waals surface area (Å²) in [5.41, 5.74) is 18.4. The van der Waals surface area contributed by atoms with E-state index in [9.17, 15) is 0 Å². The lowest BCUT2D eigenvalue weighted by molar-refractivity contribution is 1.22. The molecule has 1 aliphatic carbocycles. The SMILES string of the molecule is C=C\C=C(/C=C(C)/C(=C/C=C1/C=CC(/C=C\C(=NC)c2ccccc2)=CC1)N=C)C/C=C\c1ccc2ccc(-c3ccccc3)nc2c1N. The number of hydrogen-bond acceptors (Lipinski definition) is 4. The van der Waals surface area contributed by atoms with Gasteiger partial charge in [0, 0.05) is 18.0 Å². The van der Waals surface area contributed by atoms with Crippen LogP contribution in [0.25, 0.3) is 28.2 Å². The normalized spacial score (nSPS) is 15.4. The average Bonchev–Trinajstić information content (AvgIpc) is 3.14. The molecule has 1 heterocycles. The minimum atomic E-state index is 0.670. The molecule has 3 aromatic carbocycles. The van der Waals surface area contributed by atoms with Gasteiger partial charge in [0.25, 0.3) is 0 Å². The van der Waals surface area contributed by atoms with Crippen molar-refractivity contribution in [2.75, 3.05) is 12.8 Å². The maximum absolute atomic E-state index is 6.63. The van der Waals surface area contributed by atoms with Crippen molar-refractivity contribution in [1.29, 1.82) is 0 Å². The maximum atomic E-state index is 6.63. The summed E-state index contributed by atoms with van der Waals surface area (Å²) in [6.45, 7) is 9.81. The van der Waals surface area contributed by atoms with Gasteiger partial charge in [-0.2, -0.15) is 0 Å². The van der Waals surface area contributed by atoms with E-state index in [-0.39, 0.29) is 0 Å². The topological polar surface area (TPSA) is 63.6 Å². The van der Waals surface area contributed by atoms with Crippen LogP contribution in [0.4, 0.5) is 5.69 Å². The molecule has 0 aliphatic heterocycles. The number of nitrogens with zero attached hydrogens (tertiary/aromatic N) is 3. The molecule has 0 atom stereocenters. The van der Waals surface area contributed by atoms with Crippen molar-refractivity contribution < 1.29 is 0 Å². The summed E-state index contributed by atoms with van der Waals surface area (Å²) in [7, 11) is 1.82. The number of fused-ring (bicyclic) bond motifs is 1. The van der Waals surface area contributed by atoms with Gasteiger partial charge in [-0.25, -0.2) is 4.98 Å². The first-order valence-corrected chi connectivity index (χ1v) is 16.4. The van der Waals surface area contributed by atoms with Crippen LogP contribution in [0.3, 0.4) is 0 Å². The van der Waals surface area contributed by atoms with Crippen molar-refractivity contribution in [3.63, 3.8) is 0 Å². The quantitative estimate of drug-likeness (QED) is 0.0953. The van der Waals surface area contributed by atoms with Crippen LogP contribution in [-0.4, -0.2) is 24.5 Å². The molecule has 4 aromatic rings. The Bertz CT molecular complexity index is 2100. The minimum Gasteiger partial charge on any atom is -0.396 e. The summed E-state index contributed by atoms with van der Waals surface area (Å²) in [6.07, 6.45) is 26.4. The Labute approximate surface area is 290 Å². The summed E-state index contributed by atoms with van der Waals surface area (Å²) in [5.74, 6) is 0. The third kappa shape index (κ3) is 9.24. The minimum absolute atomic E-state index is 0.670. The third-order valence-corrected chi connectivity index (χ3v) is 8.23. The van der Waals surface area contributed by atoms with E-state index in [2.05, 4.69) is 121 Å². The molecule has 4 nitrogen and oxygen atoms in total. The lowest BCUT2D eigenvalue weighted by atomic mass is 10.00. The van der Waals surface area contributed by atoms with Crippen LogP contribution in [-0.2, 0) is 0 Å². The first-order valence-electron chi connectivity index (χ1n) is 16.4. The molecular weight excluding hydrogens is 597 g/mol. The highest BCUT2D eigenvalue weighted by molar-refractivity contribution is 6.08. The molecule has 0 saturated heterocycles. The van der Waals surface area contributed by atoms with Gasteiger partial charge in [-0.15, -0.1) is 0 Å². The van der Waals surface area contributed by atoms with Crippen LogP contribution in [0, 0.1) is 0 Å². The van der Waals surface area contributed by atoms with Crippen LogP contribution in [0.2, 0.25) is 0 Å². The van der Waals surface area contributed by atoms with Crippen LogP contribution in [0.15, 0.2) is 196 Å².